The number of nitrogens with zero attached hydrogens (tertiary/aromatic N) is 1. The molecular formula is C21H19NO5. The van der Waals surface area contributed by atoms with E-state index in [0.717, 1.165) is 12.0 Å². The Kier molecular flexibility index (Phi) is 6.73. The lowest BCUT2D eigenvalue weighted by Gasteiger charge is -2.10. The van der Waals surface area contributed by atoms with E-state index in [1.54, 1.807) is 30.3 Å². The lowest BCUT2D eigenvalue weighted by Crippen LogP contribution is -2.09. The number of esters is 2. The zero-order valence-electron chi connectivity index (χ0n) is 15.3. The minimum Gasteiger partial charge on any atom is -0.493 e. The van der Waals surface area contributed by atoms with Gasteiger partial charge < -0.3 is 14.2 Å². The van der Waals surface area contributed by atoms with Gasteiger partial charge in [0.2, 0.25) is 0 Å². The number of hydrogen-bond donors (Lipinski definition) is 0. The predicted octanol–water partition coefficient (Wildman–Crippen LogP) is 3.56. The topological polar surface area (TPSA) is 85.6 Å². The SMILES string of the molecule is CCc1ccc(C(=O)Oc2ccc(/C=C(\C#N)C(=O)OC)cc2OC)cc1. The first-order chi connectivity index (χ1) is 13.0. The van der Waals surface area contributed by atoms with Gasteiger partial charge in [-0.1, -0.05) is 25.1 Å². The molecule has 0 bridgehead atoms. The molecule has 0 saturated carbocycles. The van der Waals surface area contributed by atoms with E-state index >= 15 is 0 Å². The van der Waals surface area contributed by atoms with Gasteiger partial charge in [-0.05, 0) is 47.9 Å². The molecule has 2 rings (SSSR count). The molecule has 0 radical (unpaired) electrons. The minimum absolute atomic E-state index is 0.152. The third-order valence-corrected chi connectivity index (χ3v) is 3.82. The molecule has 0 aromatic heterocycles. The second-order valence-electron chi connectivity index (χ2n) is 5.51. The second kappa shape index (κ2) is 9.20. The number of benzene rings is 2. The maximum Gasteiger partial charge on any atom is 0.348 e. The summed E-state index contributed by atoms with van der Waals surface area (Å²) >= 11 is 0. The van der Waals surface area contributed by atoms with E-state index < -0.39 is 11.9 Å². The Hall–Kier alpha value is -3.59. The van der Waals surface area contributed by atoms with Crippen LogP contribution in [0.1, 0.15) is 28.4 Å². The van der Waals surface area contributed by atoms with Gasteiger partial charge in [-0.2, -0.15) is 5.26 Å². The molecule has 0 aliphatic rings. The van der Waals surface area contributed by atoms with Crippen LogP contribution in [0.5, 0.6) is 11.5 Å². The van der Waals surface area contributed by atoms with Crippen molar-refractivity contribution in [3.05, 3.63) is 64.7 Å². The van der Waals surface area contributed by atoms with E-state index in [4.69, 9.17) is 14.7 Å². The molecule has 138 valence electrons. The fourth-order valence-corrected chi connectivity index (χ4v) is 2.31. The maximum atomic E-state index is 12.3. The van der Waals surface area contributed by atoms with Gasteiger partial charge in [0.25, 0.3) is 0 Å². The summed E-state index contributed by atoms with van der Waals surface area (Å²) in [5.74, 6) is -0.714. The number of carbonyl (C=O) groups is 2. The first-order valence-electron chi connectivity index (χ1n) is 8.21. The second-order valence-corrected chi connectivity index (χ2v) is 5.51. The number of rotatable bonds is 6. The highest BCUT2D eigenvalue weighted by Crippen LogP contribution is 2.29. The lowest BCUT2D eigenvalue weighted by molar-refractivity contribution is -0.135. The Morgan fingerprint density at radius 1 is 1.07 bits per heavy atom. The van der Waals surface area contributed by atoms with Crippen LogP contribution in [0.15, 0.2) is 48.0 Å². The van der Waals surface area contributed by atoms with Crippen molar-refractivity contribution in [2.24, 2.45) is 0 Å². The molecule has 2 aromatic carbocycles. The molecule has 2 aromatic rings. The van der Waals surface area contributed by atoms with E-state index in [0.29, 0.717) is 16.9 Å². The van der Waals surface area contributed by atoms with Gasteiger partial charge in [0, 0.05) is 0 Å². The molecule has 0 saturated heterocycles. The maximum absolute atomic E-state index is 12.3. The molecule has 0 N–H and O–H groups in total. The Bertz CT molecular complexity index is 907. The molecule has 27 heavy (non-hydrogen) atoms. The quantitative estimate of drug-likeness (QED) is 0.337. The summed E-state index contributed by atoms with van der Waals surface area (Å²) < 4.78 is 15.2. The average molecular weight is 365 g/mol. The fourth-order valence-electron chi connectivity index (χ4n) is 2.31. The highest BCUT2D eigenvalue weighted by Gasteiger charge is 2.14. The normalized spacial score (nSPS) is 10.7. The van der Waals surface area contributed by atoms with E-state index in [1.807, 2.05) is 19.1 Å². The van der Waals surface area contributed by atoms with Crippen LogP contribution >= 0.6 is 0 Å². The Morgan fingerprint density at radius 2 is 1.78 bits per heavy atom. The largest absolute Gasteiger partial charge is 0.493 e. The Balaban J connectivity index is 2.25. The molecule has 0 aliphatic heterocycles. The van der Waals surface area contributed by atoms with Crippen LogP contribution in [0, 0.1) is 11.3 Å². The summed E-state index contributed by atoms with van der Waals surface area (Å²) in [5, 5.41) is 9.03. The van der Waals surface area contributed by atoms with E-state index in [1.165, 1.54) is 26.4 Å². The number of aryl methyl sites for hydroxylation is 1. The zero-order valence-corrected chi connectivity index (χ0v) is 15.3. The molecule has 0 spiro atoms. The standard InChI is InChI=1S/C21H19NO5/c1-4-14-5-8-16(9-6-14)21(24)27-18-10-7-15(12-19(18)25-2)11-17(13-22)20(23)26-3/h5-12H,4H2,1-3H3/b17-11+. The molecule has 0 amide bonds. The van der Waals surface area contributed by atoms with Crippen LogP contribution < -0.4 is 9.47 Å². The van der Waals surface area contributed by atoms with Crippen molar-refractivity contribution in [3.8, 4) is 17.6 Å². The van der Waals surface area contributed by atoms with Crippen LogP contribution in [-0.4, -0.2) is 26.2 Å². The summed E-state index contributed by atoms with van der Waals surface area (Å²) in [6, 6.07) is 13.6. The van der Waals surface area contributed by atoms with Crippen molar-refractivity contribution < 1.29 is 23.8 Å². The first-order valence-corrected chi connectivity index (χ1v) is 8.21. The van der Waals surface area contributed by atoms with Gasteiger partial charge in [-0.25, -0.2) is 9.59 Å². The van der Waals surface area contributed by atoms with Crippen LogP contribution in [-0.2, 0) is 16.0 Å². The van der Waals surface area contributed by atoms with Crippen LogP contribution in [0.2, 0.25) is 0 Å². The summed E-state index contributed by atoms with van der Waals surface area (Å²) in [6.07, 6.45) is 2.25. The fraction of sp³-hybridized carbons (Fsp3) is 0.190. The van der Waals surface area contributed by atoms with E-state index in [2.05, 4.69) is 4.74 Å². The van der Waals surface area contributed by atoms with Gasteiger partial charge >= 0.3 is 11.9 Å². The zero-order chi connectivity index (χ0) is 19.8. The number of nitriles is 1. The van der Waals surface area contributed by atoms with Gasteiger partial charge in [0.1, 0.15) is 11.6 Å². The summed E-state index contributed by atoms with van der Waals surface area (Å²) in [4.78, 5) is 23.8. The molecule has 0 unspecified atom stereocenters. The summed E-state index contributed by atoms with van der Waals surface area (Å²) in [6.45, 7) is 2.03. The van der Waals surface area contributed by atoms with Crippen LogP contribution in [0.3, 0.4) is 0 Å². The van der Waals surface area contributed by atoms with Crippen molar-refractivity contribution >= 4 is 18.0 Å². The predicted molar refractivity (Wildman–Crippen MR) is 99.4 cm³/mol. The smallest absolute Gasteiger partial charge is 0.348 e. The third-order valence-electron chi connectivity index (χ3n) is 3.82. The van der Waals surface area contributed by atoms with E-state index in [-0.39, 0.29) is 11.3 Å². The molecule has 0 atom stereocenters. The first kappa shape index (κ1) is 19.7. The van der Waals surface area contributed by atoms with Crippen LogP contribution in [0.25, 0.3) is 6.08 Å². The molecule has 0 fully saturated rings. The lowest BCUT2D eigenvalue weighted by atomic mass is 10.1. The number of methoxy groups -OCH3 is 2. The molecule has 0 heterocycles. The van der Waals surface area contributed by atoms with Crippen molar-refractivity contribution in [1.82, 2.24) is 0 Å². The highest BCUT2D eigenvalue weighted by atomic mass is 16.6. The van der Waals surface area contributed by atoms with E-state index in [9.17, 15) is 9.59 Å². The minimum atomic E-state index is -0.734. The van der Waals surface area contributed by atoms with Gasteiger partial charge in [-0.15, -0.1) is 0 Å². The highest BCUT2D eigenvalue weighted by molar-refractivity contribution is 5.98. The number of carbonyl (C=O) groups excluding carboxylic acids is 2. The average Bonchev–Trinajstić information content (AvgIpc) is 2.72. The monoisotopic (exact) mass is 365 g/mol. The Morgan fingerprint density at radius 3 is 2.33 bits per heavy atom. The third kappa shape index (κ3) is 4.95. The number of hydrogen-bond acceptors (Lipinski definition) is 6. The molecule has 0 aliphatic carbocycles. The van der Waals surface area contributed by atoms with Gasteiger partial charge in [-0.3, -0.25) is 0 Å². The Labute approximate surface area is 157 Å². The van der Waals surface area contributed by atoms with Crippen molar-refractivity contribution in [2.75, 3.05) is 14.2 Å². The molecule has 6 nitrogen and oxygen atoms in total. The molecular weight excluding hydrogens is 346 g/mol. The van der Waals surface area contributed by atoms with Crippen molar-refractivity contribution in [2.45, 2.75) is 13.3 Å². The van der Waals surface area contributed by atoms with Gasteiger partial charge in [0.05, 0.1) is 19.8 Å². The van der Waals surface area contributed by atoms with Gasteiger partial charge in [0.15, 0.2) is 11.5 Å². The van der Waals surface area contributed by atoms with Crippen LogP contribution in [0.4, 0.5) is 0 Å². The van der Waals surface area contributed by atoms with Crippen molar-refractivity contribution in [1.29, 1.82) is 5.26 Å². The summed E-state index contributed by atoms with van der Waals surface area (Å²) in [5.41, 5.74) is 1.93. The van der Waals surface area contributed by atoms with Crippen molar-refractivity contribution in [3.63, 3.8) is 0 Å². The molecule has 6 heteroatoms. The summed E-state index contributed by atoms with van der Waals surface area (Å²) in [7, 11) is 2.63. The number of ether oxygens (including phenoxy) is 3.